The molecule has 0 aliphatic heterocycles. The zero-order valence-corrected chi connectivity index (χ0v) is 14.5. The number of hydrogen-bond acceptors (Lipinski definition) is 4. The molecule has 0 atom stereocenters. The van der Waals surface area contributed by atoms with E-state index in [4.69, 9.17) is 23.2 Å². The summed E-state index contributed by atoms with van der Waals surface area (Å²) in [5.41, 5.74) is -0.924. The highest BCUT2D eigenvalue weighted by molar-refractivity contribution is 6.35. The van der Waals surface area contributed by atoms with Crippen LogP contribution in [0.1, 0.15) is 20.8 Å². The Balaban J connectivity index is 2.38. The molecule has 22 heavy (non-hydrogen) atoms. The third-order valence-corrected chi connectivity index (χ3v) is 3.24. The van der Waals surface area contributed by atoms with Crippen LogP contribution >= 0.6 is 23.2 Å². The Labute approximate surface area is 140 Å². The van der Waals surface area contributed by atoms with Crippen LogP contribution in [0.4, 0.5) is 10.6 Å². The second kappa shape index (κ2) is 8.41. The number of nitrogens with one attached hydrogen (secondary N) is 2. The molecule has 0 aliphatic carbocycles. The molecule has 6 nitrogen and oxygen atoms in total. The summed E-state index contributed by atoms with van der Waals surface area (Å²) in [7, 11) is 0. The van der Waals surface area contributed by atoms with E-state index in [-0.39, 0.29) is 12.6 Å². The summed E-state index contributed by atoms with van der Waals surface area (Å²) in [6.45, 7) is 6.86. The van der Waals surface area contributed by atoms with E-state index in [9.17, 15) is 9.90 Å². The minimum atomic E-state index is -0.924. The molecule has 0 spiro atoms. The van der Waals surface area contributed by atoms with Crippen molar-refractivity contribution in [1.29, 1.82) is 0 Å². The number of pyridine rings is 1. The quantitative estimate of drug-likeness (QED) is 0.662. The first-order chi connectivity index (χ1) is 10.2. The maximum atomic E-state index is 12.0. The van der Waals surface area contributed by atoms with Crippen molar-refractivity contribution in [1.82, 2.24) is 15.2 Å². The average molecular weight is 349 g/mol. The monoisotopic (exact) mass is 348 g/mol. The van der Waals surface area contributed by atoms with E-state index >= 15 is 0 Å². The van der Waals surface area contributed by atoms with Crippen LogP contribution in [0.2, 0.25) is 10.0 Å². The number of hydrogen-bond donors (Lipinski definition) is 3. The maximum Gasteiger partial charge on any atom is 0.317 e. The van der Waals surface area contributed by atoms with Gasteiger partial charge in [0.1, 0.15) is 5.82 Å². The number of rotatable bonds is 7. The standard InChI is InChI=1S/C14H22Cl2N4O2/c1-4-20(9-14(2,3)22)13(21)18-6-5-17-12-11(16)7-10(15)8-19-12/h7-8,22H,4-6,9H2,1-3H3,(H,17,19)(H,18,21). The highest BCUT2D eigenvalue weighted by Gasteiger charge is 2.20. The van der Waals surface area contributed by atoms with Gasteiger partial charge >= 0.3 is 6.03 Å². The third-order valence-electron chi connectivity index (χ3n) is 2.75. The molecule has 1 aromatic heterocycles. The van der Waals surface area contributed by atoms with Gasteiger partial charge in [0.25, 0.3) is 0 Å². The number of aromatic nitrogens is 1. The van der Waals surface area contributed by atoms with Gasteiger partial charge in [-0.2, -0.15) is 0 Å². The Kier molecular flexibility index (Phi) is 7.19. The normalized spacial score (nSPS) is 11.2. The number of urea groups is 1. The third kappa shape index (κ3) is 6.68. The van der Waals surface area contributed by atoms with Crippen molar-refractivity contribution >= 4 is 35.1 Å². The molecule has 1 aromatic rings. The van der Waals surface area contributed by atoms with E-state index < -0.39 is 5.60 Å². The van der Waals surface area contributed by atoms with Gasteiger partial charge in [-0.05, 0) is 26.8 Å². The number of nitrogens with zero attached hydrogens (tertiary/aromatic N) is 2. The molecule has 0 saturated heterocycles. The van der Waals surface area contributed by atoms with Crippen molar-refractivity contribution in [2.75, 3.05) is 31.5 Å². The molecule has 0 radical (unpaired) electrons. The van der Waals surface area contributed by atoms with Crippen LogP contribution in [0.5, 0.6) is 0 Å². The van der Waals surface area contributed by atoms with Gasteiger partial charge in [-0.3, -0.25) is 0 Å². The molecular formula is C14H22Cl2N4O2. The maximum absolute atomic E-state index is 12.0. The number of aliphatic hydroxyl groups is 1. The van der Waals surface area contributed by atoms with Gasteiger partial charge in [0.15, 0.2) is 0 Å². The SMILES string of the molecule is CCN(CC(C)(C)O)C(=O)NCCNc1ncc(Cl)cc1Cl. The van der Waals surface area contributed by atoms with Crippen molar-refractivity contribution in [3.63, 3.8) is 0 Å². The van der Waals surface area contributed by atoms with Gasteiger partial charge in [0, 0.05) is 25.8 Å². The second-order valence-corrected chi connectivity index (χ2v) is 6.31. The summed E-state index contributed by atoms with van der Waals surface area (Å²) in [4.78, 5) is 17.6. The van der Waals surface area contributed by atoms with Crippen LogP contribution in [0.3, 0.4) is 0 Å². The highest BCUT2D eigenvalue weighted by atomic mass is 35.5. The molecule has 2 amide bonds. The fourth-order valence-electron chi connectivity index (χ4n) is 1.80. The van der Waals surface area contributed by atoms with Gasteiger partial charge in [-0.15, -0.1) is 0 Å². The molecule has 124 valence electrons. The lowest BCUT2D eigenvalue weighted by atomic mass is 10.1. The zero-order chi connectivity index (χ0) is 16.8. The van der Waals surface area contributed by atoms with E-state index in [1.165, 1.54) is 6.20 Å². The van der Waals surface area contributed by atoms with Gasteiger partial charge in [-0.1, -0.05) is 23.2 Å². The number of carbonyl (C=O) groups excluding carboxylic acids is 1. The fraction of sp³-hybridized carbons (Fsp3) is 0.571. The lowest BCUT2D eigenvalue weighted by Gasteiger charge is -2.28. The minimum Gasteiger partial charge on any atom is -0.389 e. The van der Waals surface area contributed by atoms with Gasteiger partial charge < -0.3 is 20.6 Å². The molecule has 0 aliphatic rings. The highest BCUT2D eigenvalue weighted by Crippen LogP contribution is 2.21. The molecule has 0 aromatic carbocycles. The van der Waals surface area contributed by atoms with Crippen molar-refractivity contribution in [2.24, 2.45) is 0 Å². The summed E-state index contributed by atoms with van der Waals surface area (Å²) < 4.78 is 0. The second-order valence-electron chi connectivity index (χ2n) is 5.47. The van der Waals surface area contributed by atoms with Crippen LogP contribution in [0, 0.1) is 0 Å². The smallest absolute Gasteiger partial charge is 0.317 e. The summed E-state index contributed by atoms with van der Waals surface area (Å²) in [6, 6.07) is 1.38. The largest absolute Gasteiger partial charge is 0.389 e. The first-order valence-corrected chi connectivity index (χ1v) is 7.78. The predicted octanol–water partition coefficient (Wildman–Crippen LogP) is 2.60. The fourth-order valence-corrected chi connectivity index (χ4v) is 2.25. The van der Waals surface area contributed by atoms with E-state index in [0.29, 0.717) is 35.5 Å². The summed E-state index contributed by atoms with van der Waals surface area (Å²) in [5, 5.41) is 16.5. The molecule has 1 heterocycles. The van der Waals surface area contributed by atoms with Crippen LogP contribution in [-0.2, 0) is 0 Å². The predicted molar refractivity (Wildman–Crippen MR) is 89.7 cm³/mol. The van der Waals surface area contributed by atoms with Crippen LogP contribution in [0.25, 0.3) is 0 Å². The number of anilines is 1. The van der Waals surface area contributed by atoms with E-state index in [2.05, 4.69) is 15.6 Å². The molecule has 0 saturated carbocycles. The molecule has 0 unspecified atom stereocenters. The first-order valence-electron chi connectivity index (χ1n) is 7.03. The van der Waals surface area contributed by atoms with Crippen molar-refractivity contribution in [3.8, 4) is 0 Å². The molecule has 8 heteroatoms. The Morgan fingerprint density at radius 1 is 1.41 bits per heavy atom. The first kappa shape index (κ1) is 18.8. The lowest BCUT2D eigenvalue weighted by molar-refractivity contribution is 0.0481. The van der Waals surface area contributed by atoms with Crippen LogP contribution < -0.4 is 10.6 Å². The lowest BCUT2D eigenvalue weighted by Crippen LogP contribution is -2.47. The minimum absolute atomic E-state index is 0.221. The van der Waals surface area contributed by atoms with Gasteiger partial charge in [-0.25, -0.2) is 9.78 Å². The Bertz CT molecular complexity index is 506. The summed E-state index contributed by atoms with van der Waals surface area (Å²) in [5.74, 6) is 0.518. The molecule has 1 rings (SSSR count). The van der Waals surface area contributed by atoms with Crippen molar-refractivity contribution in [2.45, 2.75) is 26.4 Å². The average Bonchev–Trinajstić information content (AvgIpc) is 2.41. The van der Waals surface area contributed by atoms with Gasteiger partial charge in [0.2, 0.25) is 0 Å². The Morgan fingerprint density at radius 2 is 2.09 bits per heavy atom. The van der Waals surface area contributed by atoms with E-state index in [0.717, 1.165) is 0 Å². The zero-order valence-electron chi connectivity index (χ0n) is 13.0. The van der Waals surface area contributed by atoms with E-state index in [1.807, 2.05) is 6.92 Å². The number of likely N-dealkylation sites (N-methyl/N-ethyl adjacent to an activating group) is 1. The van der Waals surface area contributed by atoms with E-state index in [1.54, 1.807) is 24.8 Å². The molecule has 3 N–H and O–H groups in total. The van der Waals surface area contributed by atoms with Crippen LogP contribution in [0.15, 0.2) is 12.3 Å². The van der Waals surface area contributed by atoms with Gasteiger partial charge in [0.05, 0.1) is 22.2 Å². The number of halogens is 2. The topological polar surface area (TPSA) is 77.5 Å². The summed E-state index contributed by atoms with van der Waals surface area (Å²) in [6.07, 6.45) is 1.50. The Morgan fingerprint density at radius 3 is 2.64 bits per heavy atom. The van der Waals surface area contributed by atoms with Crippen LogP contribution in [-0.4, -0.2) is 52.8 Å². The molecule has 0 bridgehead atoms. The molecule has 0 fully saturated rings. The van der Waals surface area contributed by atoms with Crippen molar-refractivity contribution < 1.29 is 9.90 Å². The molecular weight excluding hydrogens is 327 g/mol. The number of carbonyl (C=O) groups is 1. The van der Waals surface area contributed by atoms with Crippen molar-refractivity contribution in [3.05, 3.63) is 22.3 Å². The Hall–Kier alpha value is -1.24. The summed E-state index contributed by atoms with van der Waals surface area (Å²) >= 11 is 11.7. The number of amides is 2.